The van der Waals surface area contributed by atoms with Crippen molar-refractivity contribution in [2.45, 2.75) is 38.8 Å². The van der Waals surface area contributed by atoms with Crippen LogP contribution in [-0.4, -0.2) is 78.1 Å². The molecule has 26 heavy (non-hydrogen) atoms. The maximum absolute atomic E-state index is 12.6. The molecule has 144 valence electrons. The first-order chi connectivity index (χ1) is 12.6. The Labute approximate surface area is 157 Å². The van der Waals surface area contributed by atoms with Crippen molar-refractivity contribution in [3.63, 3.8) is 0 Å². The molecule has 1 aromatic carbocycles. The molecule has 0 saturated carbocycles. The standard InChI is InChI=1S/C21H33N3O2/c1-17(23-13-11-22(2)12-14-23)20-7-9-24(10-8-20)21(26)15-18-3-5-19(16-25)6-4-18/h3-6,17,20,25H,7-16H2,1-2H3/t17-/m0/s1. The van der Waals surface area contributed by atoms with Gasteiger partial charge in [-0.15, -0.1) is 0 Å². The monoisotopic (exact) mass is 359 g/mol. The minimum absolute atomic E-state index is 0.0488. The first-order valence-corrected chi connectivity index (χ1v) is 9.96. The lowest BCUT2D eigenvalue weighted by Crippen LogP contribution is -2.52. The van der Waals surface area contributed by atoms with Gasteiger partial charge in [0, 0.05) is 45.3 Å². The summed E-state index contributed by atoms with van der Waals surface area (Å²) in [6.07, 6.45) is 2.69. The van der Waals surface area contributed by atoms with Gasteiger partial charge in [0.05, 0.1) is 13.0 Å². The molecule has 2 saturated heterocycles. The Morgan fingerprint density at radius 1 is 1.04 bits per heavy atom. The lowest BCUT2D eigenvalue weighted by molar-refractivity contribution is -0.132. The number of hydrogen-bond acceptors (Lipinski definition) is 4. The van der Waals surface area contributed by atoms with Crippen molar-refractivity contribution in [2.24, 2.45) is 5.92 Å². The van der Waals surface area contributed by atoms with E-state index in [0.29, 0.717) is 18.4 Å². The number of carbonyl (C=O) groups is 1. The fourth-order valence-corrected chi connectivity index (χ4v) is 4.21. The van der Waals surface area contributed by atoms with Crippen LogP contribution in [0.25, 0.3) is 0 Å². The van der Waals surface area contributed by atoms with Crippen LogP contribution < -0.4 is 0 Å². The number of benzene rings is 1. The highest BCUT2D eigenvalue weighted by molar-refractivity contribution is 5.78. The molecule has 2 fully saturated rings. The number of likely N-dealkylation sites (N-methyl/N-ethyl adjacent to an activating group) is 1. The Kier molecular flexibility index (Phi) is 6.68. The molecule has 1 atom stereocenters. The SMILES string of the molecule is C[C@@H](C1CCN(C(=O)Cc2ccc(CO)cc2)CC1)N1CCN(C)CC1. The number of carbonyl (C=O) groups excluding carboxylic acids is 1. The van der Waals surface area contributed by atoms with E-state index in [1.807, 2.05) is 29.2 Å². The van der Waals surface area contributed by atoms with Gasteiger partial charge >= 0.3 is 0 Å². The van der Waals surface area contributed by atoms with Gasteiger partial charge in [0.1, 0.15) is 0 Å². The van der Waals surface area contributed by atoms with Crippen LogP contribution in [0.4, 0.5) is 0 Å². The number of hydrogen-bond donors (Lipinski definition) is 1. The van der Waals surface area contributed by atoms with Crippen LogP contribution in [0, 0.1) is 5.92 Å². The minimum atomic E-state index is 0.0488. The average molecular weight is 360 g/mol. The summed E-state index contributed by atoms with van der Waals surface area (Å²) in [6, 6.07) is 8.31. The molecule has 0 aliphatic carbocycles. The van der Waals surface area contributed by atoms with Gasteiger partial charge in [-0.25, -0.2) is 0 Å². The fourth-order valence-electron chi connectivity index (χ4n) is 4.21. The third-order valence-corrected chi connectivity index (χ3v) is 6.25. The van der Waals surface area contributed by atoms with Crippen LogP contribution in [0.3, 0.4) is 0 Å². The Bertz CT molecular complexity index is 573. The molecule has 1 N–H and O–H groups in total. The predicted molar refractivity (Wildman–Crippen MR) is 104 cm³/mol. The third kappa shape index (κ3) is 4.84. The van der Waals surface area contributed by atoms with E-state index in [0.717, 1.165) is 50.1 Å². The zero-order valence-electron chi connectivity index (χ0n) is 16.2. The zero-order valence-corrected chi connectivity index (χ0v) is 16.2. The molecule has 0 bridgehead atoms. The van der Waals surface area contributed by atoms with Crippen molar-refractivity contribution < 1.29 is 9.90 Å². The largest absolute Gasteiger partial charge is 0.392 e. The fraction of sp³-hybridized carbons (Fsp3) is 0.667. The summed E-state index contributed by atoms with van der Waals surface area (Å²) in [7, 11) is 2.20. The van der Waals surface area contributed by atoms with Crippen molar-refractivity contribution in [2.75, 3.05) is 46.3 Å². The summed E-state index contributed by atoms with van der Waals surface area (Å²) in [5.41, 5.74) is 1.92. The van der Waals surface area contributed by atoms with Crippen LogP contribution in [0.2, 0.25) is 0 Å². The van der Waals surface area contributed by atoms with Crippen LogP contribution in [0.1, 0.15) is 30.9 Å². The zero-order chi connectivity index (χ0) is 18.5. The Balaban J connectivity index is 1.45. The van der Waals surface area contributed by atoms with Gasteiger partial charge in [-0.2, -0.15) is 0 Å². The van der Waals surface area contributed by atoms with Crippen LogP contribution >= 0.6 is 0 Å². The van der Waals surface area contributed by atoms with E-state index in [1.54, 1.807) is 0 Å². The van der Waals surface area contributed by atoms with Gasteiger partial charge in [-0.3, -0.25) is 9.69 Å². The smallest absolute Gasteiger partial charge is 0.226 e. The minimum Gasteiger partial charge on any atom is -0.392 e. The summed E-state index contributed by atoms with van der Waals surface area (Å²) in [4.78, 5) is 19.7. The van der Waals surface area contributed by atoms with Gasteiger partial charge in [0.15, 0.2) is 0 Å². The molecule has 2 aliphatic rings. The molecule has 5 nitrogen and oxygen atoms in total. The molecular formula is C21H33N3O2. The van der Waals surface area contributed by atoms with Gasteiger partial charge in [-0.1, -0.05) is 24.3 Å². The molecule has 0 spiro atoms. The molecule has 5 heteroatoms. The summed E-state index contributed by atoms with van der Waals surface area (Å²) in [5.74, 6) is 0.929. The molecular weight excluding hydrogens is 326 g/mol. The highest BCUT2D eigenvalue weighted by Crippen LogP contribution is 2.25. The van der Waals surface area contributed by atoms with Gasteiger partial charge in [0.25, 0.3) is 0 Å². The van der Waals surface area contributed by atoms with Crippen molar-refractivity contribution >= 4 is 5.91 Å². The van der Waals surface area contributed by atoms with E-state index in [-0.39, 0.29) is 12.5 Å². The van der Waals surface area contributed by atoms with E-state index in [4.69, 9.17) is 5.11 Å². The topological polar surface area (TPSA) is 47.0 Å². The number of piperidine rings is 1. The maximum atomic E-state index is 12.6. The maximum Gasteiger partial charge on any atom is 0.226 e. The molecule has 0 unspecified atom stereocenters. The molecule has 2 heterocycles. The number of rotatable bonds is 5. The van der Waals surface area contributed by atoms with Crippen molar-refractivity contribution in [1.29, 1.82) is 0 Å². The van der Waals surface area contributed by atoms with E-state index in [2.05, 4.69) is 23.8 Å². The lowest BCUT2D eigenvalue weighted by atomic mass is 9.89. The Hall–Kier alpha value is -1.43. The Morgan fingerprint density at radius 2 is 1.62 bits per heavy atom. The second-order valence-corrected chi connectivity index (χ2v) is 7.95. The highest BCUT2D eigenvalue weighted by atomic mass is 16.3. The quantitative estimate of drug-likeness (QED) is 0.867. The lowest BCUT2D eigenvalue weighted by Gasteiger charge is -2.42. The number of nitrogens with zero attached hydrogens (tertiary/aromatic N) is 3. The molecule has 1 amide bonds. The number of aliphatic hydroxyl groups excluding tert-OH is 1. The summed E-state index contributed by atoms with van der Waals surface area (Å²) in [6.45, 7) is 8.85. The van der Waals surface area contributed by atoms with Gasteiger partial charge < -0.3 is 14.9 Å². The average Bonchev–Trinajstić information content (AvgIpc) is 2.69. The first kappa shape index (κ1) is 19.3. The van der Waals surface area contributed by atoms with Crippen LogP contribution in [-0.2, 0) is 17.8 Å². The highest BCUT2D eigenvalue weighted by Gasteiger charge is 2.30. The van der Waals surface area contributed by atoms with E-state index in [1.165, 1.54) is 13.1 Å². The molecule has 0 aromatic heterocycles. The number of amides is 1. The molecule has 0 radical (unpaired) electrons. The van der Waals surface area contributed by atoms with Crippen molar-refractivity contribution in [1.82, 2.24) is 14.7 Å². The van der Waals surface area contributed by atoms with Crippen molar-refractivity contribution in [3.05, 3.63) is 35.4 Å². The van der Waals surface area contributed by atoms with Crippen LogP contribution in [0.15, 0.2) is 24.3 Å². The van der Waals surface area contributed by atoms with Gasteiger partial charge in [-0.05, 0) is 43.9 Å². The summed E-state index contributed by atoms with van der Waals surface area (Å²) < 4.78 is 0. The number of piperazine rings is 1. The van der Waals surface area contributed by atoms with E-state index >= 15 is 0 Å². The van der Waals surface area contributed by atoms with Crippen molar-refractivity contribution in [3.8, 4) is 0 Å². The molecule has 3 rings (SSSR count). The van der Waals surface area contributed by atoms with E-state index < -0.39 is 0 Å². The Morgan fingerprint density at radius 3 is 2.19 bits per heavy atom. The van der Waals surface area contributed by atoms with Gasteiger partial charge in [0.2, 0.25) is 5.91 Å². The molecule has 2 aliphatic heterocycles. The number of likely N-dealkylation sites (tertiary alicyclic amines) is 1. The summed E-state index contributed by atoms with van der Waals surface area (Å²) in [5, 5.41) is 9.11. The predicted octanol–water partition coefficient (Wildman–Crippen LogP) is 1.60. The third-order valence-electron chi connectivity index (χ3n) is 6.25. The normalized spacial score (nSPS) is 21.7. The van der Waals surface area contributed by atoms with Crippen LogP contribution in [0.5, 0.6) is 0 Å². The molecule has 1 aromatic rings. The number of aliphatic hydroxyl groups is 1. The first-order valence-electron chi connectivity index (χ1n) is 9.96. The second-order valence-electron chi connectivity index (χ2n) is 7.95. The summed E-state index contributed by atoms with van der Waals surface area (Å²) >= 11 is 0. The second kappa shape index (κ2) is 8.98. The van der Waals surface area contributed by atoms with E-state index in [9.17, 15) is 4.79 Å².